The Morgan fingerprint density at radius 2 is 1.65 bits per heavy atom. The summed E-state index contributed by atoms with van der Waals surface area (Å²) in [5, 5.41) is 0. The van der Waals surface area contributed by atoms with Crippen molar-refractivity contribution in [1.29, 1.82) is 0 Å². The fourth-order valence-electron chi connectivity index (χ4n) is 3.66. The number of benzene rings is 1. The first-order valence-corrected chi connectivity index (χ1v) is 10.3. The molecule has 3 heterocycles. The first-order valence-electron chi connectivity index (χ1n) is 8.92. The van der Waals surface area contributed by atoms with Gasteiger partial charge in [-0.05, 0) is 31.0 Å². The van der Waals surface area contributed by atoms with Gasteiger partial charge in [-0.1, -0.05) is 0 Å². The summed E-state index contributed by atoms with van der Waals surface area (Å²) in [4.78, 5) is 18.8. The van der Waals surface area contributed by atoms with Crippen molar-refractivity contribution in [2.24, 2.45) is 7.05 Å². The fourth-order valence-corrected chi connectivity index (χ4v) is 5.33. The Hall–Kier alpha value is -1.97. The topological polar surface area (TPSA) is 78.8 Å². The summed E-state index contributed by atoms with van der Waals surface area (Å²) in [7, 11) is -1.47. The van der Waals surface area contributed by atoms with Gasteiger partial charge in [-0.15, -0.1) is 0 Å². The molecule has 4 rings (SSSR count). The SMILES string of the molecule is Cn1cnc2cc(C(=O)N3CCN(S(=O)(=O)N4CCCC4)CC3)ccc21. The van der Waals surface area contributed by atoms with Crippen LogP contribution in [0.2, 0.25) is 0 Å². The number of imidazole rings is 1. The molecule has 0 aliphatic carbocycles. The van der Waals surface area contributed by atoms with Crippen LogP contribution in [0.5, 0.6) is 0 Å². The maximum Gasteiger partial charge on any atom is 0.282 e. The molecule has 2 aromatic rings. The average molecular weight is 377 g/mol. The number of aromatic nitrogens is 2. The summed E-state index contributed by atoms with van der Waals surface area (Å²) in [5.41, 5.74) is 2.35. The fraction of sp³-hybridized carbons (Fsp3) is 0.529. The van der Waals surface area contributed by atoms with Crippen LogP contribution < -0.4 is 0 Å². The number of fused-ring (bicyclic) bond motifs is 1. The zero-order valence-electron chi connectivity index (χ0n) is 14.8. The van der Waals surface area contributed by atoms with Crippen LogP contribution >= 0.6 is 0 Å². The van der Waals surface area contributed by atoms with Crippen molar-refractivity contribution < 1.29 is 13.2 Å². The lowest BCUT2D eigenvalue weighted by Gasteiger charge is -2.35. The second-order valence-electron chi connectivity index (χ2n) is 6.86. The number of piperazine rings is 1. The average Bonchev–Trinajstić information content (AvgIpc) is 3.32. The van der Waals surface area contributed by atoms with Crippen molar-refractivity contribution in [3.05, 3.63) is 30.1 Å². The Morgan fingerprint density at radius 3 is 2.35 bits per heavy atom. The summed E-state index contributed by atoms with van der Waals surface area (Å²) in [5.74, 6) is -0.0734. The van der Waals surface area contributed by atoms with Crippen LogP contribution in [0.1, 0.15) is 23.2 Å². The maximum atomic E-state index is 12.8. The molecule has 0 atom stereocenters. The lowest BCUT2D eigenvalue weighted by molar-refractivity contribution is 0.0694. The summed E-state index contributed by atoms with van der Waals surface area (Å²) < 4.78 is 30.2. The molecule has 140 valence electrons. The van der Waals surface area contributed by atoms with Gasteiger partial charge in [-0.25, -0.2) is 4.98 Å². The van der Waals surface area contributed by atoms with Crippen molar-refractivity contribution in [3.8, 4) is 0 Å². The van der Waals surface area contributed by atoms with Crippen molar-refractivity contribution in [1.82, 2.24) is 23.1 Å². The predicted octanol–water partition coefficient (Wildman–Crippen LogP) is 0.672. The van der Waals surface area contributed by atoms with Gasteiger partial charge in [0.05, 0.1) is 17.4 Å². The first kappa shape index (κ1) is 17.4. The van der Waals surface area contributed by atoms with Gasteiger partial charge in [0.2, 0.25) is 0 Å². The number of amides is 1. The van der Waals surface area contributed by atoms with Crippen LogP contribution in [0.15, 0.2) is 24.5 Å². The predicted molar refractivity (Wildman–Crippen MR) is 97.9 cm³/mol. The highest BCUT2D eigenvalue weighted by atomic mass is 32.2. The lowest BCUT2D eigenvalue weighted by atomic mass is 10.1. The van der Waals surface area contributed by atoms with E-state index in [-0.39, 0.29) is 5.91 Å². The van der Waals surface area contributed by atoms with E-state index in [9.17, 15) is 13.2 Å². The molecule has 9 heteroatoms. The molecule has 0 N–H and O–H groups in total. The van der Waals surface area contributed by atoms with Crippen LogP contribution in [-0.4, -0.2) is 76.7 Å². The minimum absolute atomic E-state index is 0.0734. The van der Waals surface area contributed by atoms with Crippen molar-refractivity contribution in [2.75, 3.05) is 39.3 Å². The Labute approximate surface area is 153 Å². The van der Waals surface area contributed by atoms with Crippen molar-refractivity contribution in [2.45, 2.75) is 12.8 Å². The zero-order chi connectivity index (χ0) is 18.3. The highest BCUT2D eigenvalue weighted by molar-refractivity contribution is 7.86. The third-order valence-electron chi connectivity index (χ3n) is 5.22. The minimum Gasteiger partial charge on any atom is -0.336 e. The summed E-state index contributed by atoms with van der Waals surface area (Å²) in [6, 6.07) is 5.49. The van der Waals surface area contributed by atoms with E-state index >= 15 is 0 Å². The standard InChI is InChI=1S/C17H23N5O3S/c1-19-13-18-15-12-14(4-5-16(15)19)17(23)20-8-10-22(11-9-20)26(24,25)21-6-2-3-7-21/h4-5,12-13H,2-3,6-11H2,1H3. The van der Waals surface area contributed by atoms with E-state index < -0.39 is 10.2 Å². The molecule has 0 unspecified atom stereocenters. The van der Waals surface area contributed by atoms with Gasteiger partial charge in [-0.2, -0.15) is 17.0 Å². The lowest BCUT2D eigenvalue weighted by Crippen LogP contribution is -2.53. The Morgan fingerprint density at radius 1 is 1.00 bits per heavy atom. The minimum atomic E-state index is -3.39. The van der Waals surface area contributed by atoms with Crippen molar-refractivity contribution >= 4 is 27.1 Å². The second-order valence-corrected chi connectivity index (χ2v) is 8.79. The number of hydrogen-bond acceptors (Lipinski definition) is 4. The van der Waals surface area contributed by atoms with Gasteiger partial charge in [0, 0.05) is 51.9 Å². The Kier molecular flexibility index (Phi) is 4.45. The van der Waals surface area contributed by atoms with E-state index in [1.807, 2.05) is 17.7 Å². The number of rotatable bonds is 3. The quantitative estimate of drug-likeness (QED) is 0.788. The molecule has 1 aromatic heterocycles. The molecule has 1 aromatic carbocycles. The molecular formula is C17H23N5O3S. The number of carbonyl (C=O) groups is 1. The van der Waals surface area contributed by atoms with E-state index in [0.29, 0.717) is 44.8 Å². The highest BCUT2D eigenvalue weighted by Gasteiger charge is 2.34. The smallest absolute Gasteiger partial charge is 0.282 e. The molecule has 0 spiro atoms. The van der Waals surface area contributed by atoms with E-state index in [1.165, 1.54) is 4.31 Å². The normalized spacial score (nSPS) is 20.1. The van der Waals surface area contributed by atoms with Crippen LogP contribution in [0, 0.1) is 0 Å². The van der Waals surface area contributed by atoms with E-state index in [2.05, 4.69) is 4.98 Å². The van der Waals surface area contributed by atoms with E-state index in [4.69, 9.17) is 0 Å². The van der Waals surface area contributed by atoms with Crippen molar-refractivity contribution in [3.63, 3.8) is 0 Å². The number of carbonyl (C=O) groups excluding carboxylic acids is 1. The van der Waals surface area contributed by atoms with Gasteiger partial charge >= 0.3 is 0 Å². The molecule has 8 nitrogen and oxygen atoms in total. The molecule has 0 radical (unpaired) electrons. The first-order chi connectivity index (χ1) is 12.5. The summed E-state index contributed by atoms with van der Waals surface area (Å²) >= 11 is 0. The van der Waals surface area contributed by atoms with Crippen LogP contribution in [0.25, 0.3) is 11.0 Å². The van der Waals surface area contributed by atoms with E-state index in [0.717, 1.165) is 23.9 Å². The number of nitrogens with zero attached hydrogens (tertiary/aromatic N) is 5. The van der Waals surface area contributed by atoms with Gasteiger partial charge in [-0.3, -0.25) is 4.79 Å². The largest absolute Gasteiger partial charge is 0.336 e. The monoisotopic (exact) mass is 377 g/mol. The van der Waals surface area contributed by atoms with Gasteiger partial charge in [0.15, 0.2) is 0 Å². The van der Waals surface area contributed by atoms with Crippen LogP contribution in [0.4, 0.5) is 0 Å². The second kappa shape index (κ2) is 6.64. The molecule has 2 saturated heterocycles. The highest BCUT2D eigenvalue weighted by Crippen LogP contribution is 2.20. The Balaban J connectivity index is 1.44. The van der Waals surface area contributed by atoms with Crippen LogP contribution in [-0.2, 0) is 17.3 Å². The zero-order valence-corrected chi connectivity index (χ0v) is 15.7. The van der Waals surface area contributed by atoms with E-state index in [1.54, 1.807) is 27.7 Å². The summed E-state index contributed by atoms with van der Waals surface area (Å²) in [6.07, 6.45) is 3.57. The molecular weight excluding hydrogens is 354 g/mol. The van der Waals surface area contributed by atoms with Gasteiger partial charge in [0.25, 0.3) is 16.1 Å². The molecule has 1 amide bonds. The molecule has 0 bridgehead atoms. The molecule has 0 saturated carbocycles. The Bertz CT molecular complexity index is 925. The molecule has 2 aliphatic rings. The number of aryl methyl sites for hydroxylation is 1. The third kappa shape index (κ3) is 3.00. The molecule has 2 fully saturated rings. The molecule has 26 heavy (non-hydrogen) atoms. The summed E-state index contributed by atoms with van der Waals surface area (Å²) in [6.45, 7) is 2.71. The number of hydrogen-bond donors (Lipinski definition) is 0. The van der Waals surface area contributed by atoms with Gasteiger partial charge in [0.1, 0.15) is 0 Å². The third-order valence-corrected chi connectivity index (χ3v) is 7.25. The van der Waals surface area contributed by atoms with Crippen LogP contribution in [0.3, 0.4) is 0 Å². The maximum absolute atomic E-state index is 12.8. The van der Waals surface area contributed by atoms with Gasteiger partial charge < -0.3 is 9.47 Å². The molecule has 2 aliphatic heterocycles.